The fourth-order valence-corrected chi connectivity index (χ4v) is 4.53. The highest BCUT2D eigenvalue weighted by Crippen LogP contribution is 2.25. The maximum Gasteiger partial charge on any atom is 0.251 e. The first-order chi connectivity index (χ1) is 16.7. The van der Waals surface area contributed by atoms with E-state index in [9.17, 15) is 4.79 Å². The molecule has 0 aliphatic rings. The number of carbonyl (C=O) groups is 1. The Bertz CT molecular complexity index is 1460. The molecule has 4 aromatic carbocycles. The maximum atomic E-state index is 12.6. The number of nitrogens with one attached hydrogen (secondary N) is 1. The molecular weight excluding hydrogens is 490 g/mol. The molecule has 0 aliphatic carbocycles. The number of benzene rings is 4. The van der Waals surface area contributed by atoms with Crippen molar-refractivity contribution in [2.45, 2.75) is 19.5 Å². The minimum absolute atomic E-state index is 0.126. The van der Waals surface area contributed by atoms with Crippen LogP contribution in [0, 0.1) is 0 Å². The summed E-state index contributed by atoms with van der Waals surface area (Å²) in [7, 11) is 0. The van der Waals surface area contributed by atoms with E-state index in [0.29, 0.717) is 18.7 Å². The average Bonchev–Trinajstić information content (AvgIpc) is 3.22. The quantitative estimate of drug-likeness (QED) is 0.246. The van der Waals surface area contributed by atoms with Gasteiger partial charge in [0.1, 0.15) is 11.6 Å². The number of aryl methyl sites for hydroxylation is 1. The molecule has 1 amide bonds. The van der Waals surface area contributed by atoms with Gasteiger partial charge in [-0.25, -0.2) is 4.98 Å². The van der Waals surface area contributed by atoms with Gasteiger partial charge in [0.2, 0.25) is 0 Å². The second kappa shape index (κ2) is 10.1. The van der Waals surface area contributed by atoms with Crippen molar-refractivity contribution in [3.63, 3.8) is 0 Å². The van der Waals surface area contributed by atoms with Gasteiger partial charge in [0, 0.05) is 22.0 Å². The summed E-state index contributed by atoms with van der Waals surface area (Å²) in [5.41, 5.74) is 2.59. The normalized spacial score (nSPS) is 11.1. The Balaban J connectivity index is 1.28. The summed E-state index contributed by atoms with van der Waals surface area (Å²) in [6.07, 6.45) is 0.816. The molecule has 5 aromatic rings. The van der Waals surface area contributed by atoms with Crippen LogP contribution >= 0.6 is 15.9 Å². The van der Waals surface area contributed by atoms with Crippen molar-refractivity contribution in [3.05, 3.63) is 107 Å². The molecule has 0 unspecified atom stereocenters. The first-order valence-corrected chi connectivity index (χ1v) is 12.1. The van der Waals surface area contributed by atoms with Crippen LogP contribution in [0.2, 0.25) is 0 Å². The smallest absolute Gasteiger partial charge is 0.251 e. The number of aromatic nitrogens is 2. The number of hydrogen-bond acceptors (Lipinski definition) is 3. The molecule has 1 aromatic heterocycles. The Morgan fingerprint density at radius 1 is 0.941 bits per heavy atom. The highest BCUT2D eigenvalue weighted by Gasteiger charge is 2.13. The first-order valence-electron chi connectivity index (χ1n) is 11.3. The fraction of sp³-hybridized carbons (Fsp3) is 0.143. The van der Waals surface area contributed by atoms with E-state index in [1.54, 1.807) is 6.07 Å². The van der Waals surface area contributed by atoms with Crippen molar-refractivity contribution < 1.29 is 9.53 Å². The monoisotopic (exact) mass is 513 g/mol. The summed E-state index contributed by atoms with van der Waals surface area (Å²) in [6.45, 7) is 1.68. The lowest BCUT2D eigenvalue weighted by atomic mass is 10.1. The zero-order chi connectivity index (χ0) is 23.3. The average molecular weight is 514 g/mol. The third-order valence-corrected chi connectivity index (χ3v) is 6.25. The van der Waals surface area contributed by atoms with Crippen molar-refractivity contribution in [1.29, 1.82) is 0 Å². The van der Waals surface area contributed by atoms with Crippen LogP contribution in [0.3, 0.4) is 0 Å². The number of para-hydroxylation sites is 2. The number of halogens is 1. The molecular formula is C28H24BrN3O2. The standard InChI is InChI=1S/C28H24BrN3O2/c29-22-11-5-10-21(18-22)28(33)30-19-27-31-24-13-3-4-14-25(24)32(27)16-7-17-34-26-15-6-9-20-8-1-2-12-23(20)26/h1-6,8-15,18H,7,16-17,19H2,(H,30,33). The Kier molecular flexibility index (Phi) is 6.58. The van der Waals surface area contributed by atoms with Gasteiger partial charge in [-0.2, -0.15) is 0 Å². The first kappa shape index (κ1) is 22.2. The third kappa shape index (κ3) is 4.82. The molecule has 0 spiro atoms. The third-order valence-electron chi connectivity index (χ3n) is 5.76. The number of fused-ring (bicyclic) bond motifs is 2. The molecule has 34 heavy (non-hydrogen) atoms. The number of imidazole rings is 1. The van der Waals surface area contributed by atoms with Crippen molar-refractivity contribution in [1.82, 2.24) is 14.9 Å². The lowest BCUT2D eigenvalue weighted by Crippen LogP contribution is -2.25. The van der Waals surface area contributed by atoms with Gasteiger partial charge in [-0.1, -0.05) is 70.5 Å². The summed E-state index contributed by atoms with van der Waals surface area (Å²) < 4.78 is 9.17. The van der Waals surface area contributed by atoms with Gasteiger partial charge in [0.25, 0.3) is 5.91 Å². The van der Waals surface area contributed by atoms with E-state index in [1.165, 1.54) is 5.39 Å². The lowest BCUT2D eigenvalue weighted by Gasteiger charge is -2.12. The van der Waals surface area contributed by atoms with Gasteiger partial charge in [0.15, 0.2) is 0 Å². The van der Waals surface area contributed by atoms with Crippen molar-refractivity contribution in [3.8, 4) is 5.75 Å². The number of ether oxygens (including phenoxy) is 1. The fourth-order valence-electron chi connectivity index (χ4n) is 4.13. The summed E-state index contributed by atoms with van der Waals surface area (Å²) in [4.78, 5) is 17.4. The molecule has 0 bridgehead atoms. The van der Waals surface area contributed by atoms with Crippen molar-refractivity contribution >= 4 is 43.6 Å². The van der Waals surface area contributed by atoms with Crippen LogP contribution < -0.4 is 10.1 Å². The van der Waals surface area contributed by atoms with E-state index in [-0.39, 0.29) is 5.91 Å². The van der Waals surface area contributed by atoms with E-state index < -0.39 is 0 Å². The van der Waals surface area contributed by atoms with Crippen LogP contribution in [0.25, 0.3) is 21.8 Å². The molecule has 0 radical (unpaired) electrons. The van der Waals surface area contributed by atoms with Gasteiger partial charge in [0.05, 0.1) is 24.2 Å². The van der Waals surface area contributed by atoms with E-state index in [4.69, 9.17) is 9.72 Å². The topological polar surface area (TPSA) is 56.2 Å². The van der Waals surface area contributed by atoms with Crippen molar-refractivity contribution in [2.24, 2.45) is 0 Å². The Labute approximate surface area is 206 Å². The molecule has 5 nitrogen and oxygen atoms in total. The second-order valence-electron chi connectivity index (χ2n) is 8.04. The Hall–Kier alpha value is -3.64. The SMILES string of the molecule is O=C(NCc1nc2ccccc2n1CCCOc1cccc2ccccc12)c1cccc(Br)c1. The predicted molar refractivity (Wildman–Crippen MR) is 139 cm³/mol. The van der Waals surface area contributed by atoms with Gasteiger partial charge in [-0.05, 0) is 48.2 Å². The van der Waals surface area contributed by atoms with Crippen LogP contribution in [0.5, 0.6) is 5.75 Å². The lowest BCUT2D eigenvalue weighted by molar-refractivity contribution is 0.0949. The van der Waals surface area contributed by atoms with Gasteiger partial charge < -0.3 is 14.6 Å². The molecule has 1 N–H and O–H groups in total. The van der Waals surface area contributed by atoms with Crippen molar-refractivity contribution in [2.75, 3.05) is 6.61 Å². The van der Waals surface area contributed by atoms with Gasteiger partial charge >= 0.3 is 0 Å². The minimum Gasteiger partial charge on any atom is -0.493 e. The van der Waals surface area contributed by atoms with E-state index in [1.807, 2.05) is 60.7 Å². The summed E-state index contributed by atoms with van der Waals surface area (Å²) in [6, 6.07) is 29.8. The highest BCUT2D eigenvalue weighted by atomic mass is 79.9. The summed E-state index contributed by atoms with van der Waals surface area (Å²) >= 11 is 3.42. The van der Waals surface area contributed by atoms with E-state index in [0.717, 1.165) is 45.4 Å². The van der Waals surface area contributed by atoms with E-state index in [2.05, 4.69) is 50.1 Å². The number of nitrogens with zero attached hydrogens (tertiary/aromatic N) is 2. The molecule has 5 rings (SSSR count). The van der Waals surface area contributed by atoms with Gasteiger partial charge in [-0.3, -0.25) is 4.79 Å². The molecule has 0 saturated heterocycles. The Morgan fingerprint density at radius 3 is 2.65 bits per heavy atom. The predicted octanol–water partition coefficient (Wildman–Crippen LogP) is 6.35. The minimum atomic E-state index is -0.126. The number of amides is 1. The maximum absolute atomic E-state index is 12.6. The molecule has 1 heterocycles. The Morgan fingerprint density at radius 2 is 1.74 bits per heavy atom. The molecule has 0 saturated carbocycles. The summed E-state index contributed by atoms with van der Waals surface area (Å²) in [5.74, 6) is 1.60. The van der Waals surface area contributed by atoms with Crippen LogP contribution in [-0.4, -0.2) is 22.1 Å². The highest BCUT2D eigenvalue weighted by molar-refractivity contribution is 9.10. The molecule has 0 fully saturated rings. The zero-order valence-electron chi connectivity index (χ0n) is 18.6. The van der Waals surface area contributed by atoms with Crippen LogP contribution in [-0.2, 0) is 13.1 Å². The van der Waals surface area contributed by atoms with Crippen LogP contribution in [0.4, 0.5) is 0 Å². The number of rotatable bonds is 8. The molecule has 6 heteroatoms. The van der Waals surface area contributed by atoms with Gasteiger partial charge in [-0.15, -0.1) is 0 Å². The summed E-state index contributed by atoms with van der Waals surface area (Å²) in [5, 5.41) is 5.30. The van der Waals surface area contributed by atoms with E-state index >= 15 is 0 Å². The number of hydrogen-bond donors (Lipinski definition) is 1. The number of carbonyl (C=O) groups excluding carboxylic acids is 1. The largest absolute Gasteiger partial charge is 0.493 e. The zero-order valence-corrected chi connectivity index (χ0v) is 20.2. The molecule has 170 valence electrons. The molecule has 0 aliphatic heterocycles. The second-order valence-corrected chi connectivity index (χ2v) is 8.96. The molecule has 0 atom stereocenters. The van der Waals surface area contributed by atoms with Crippen LogP contribution in [0.15, 0.2) is 95.5 Å². The van der Waals surface area contributed by atoms with Crippen LogP contribution in [0.1, 0.15) is 22.6 Å².